The van der Waals surface area contributed by atoms with Crippen molar-refractivity contribution in [1.29, 1.82) is 0 Å². The highest BCUT2D eigenvalue weighted by atomic mass is 19.1. The van der Waals surface area contributed by atoms with E-state index in [0.29, 0.717) is 6.61 Å². The van der Waals surface area contributed by atoms with Gasteiger partial charge in [0.15, 0.2) is 0 Å². The van der Waals surface area contributed by atoms with Gasteiger partial charge >= 0.3 is 5.97 Å². The Labute approximate surface area is 115 Å². The fraction of sp³-hybridized carbons (Fsp3) is 0.500. The quantitative estimate of drug-likeness (QED) is 0.869. The van der Waals surface area contributed by atoms with Crippen molar-refractivity contribution in [3.05, 3.63) is 35.4 Å². The lowest BCUT2D eigenvalue weighted by molar-refractivity contribution is -0.145. The van der Waals surface area contributed by atoms with Crippen molar-refractivity contribution in [3.8, 4) is 0 Å². The summed E-state index contributed by atoms with van der Waals surface area (Å²) in [6.45, 7) is 2.12. The molecule has 2 N–H and O–H groups in total. The van der Waals surface area contributed by atoms with Crippen LogP contribution in [0.25, 0.3) is 0 Å². The molecule has 0 saturated carbocycles. The van der Waals surface area contributed by atoms with Crippen LogP contribution >= 0.6 is 0 Å². The molecule has 0 aliphatic carbocycles. The van der Waals surface area contributed by atoms with Crippen LogP contribution in [0.2, 0.25) is 0 Å². The highest BCUT2D eigenvalue weighted by Gasteiger charge is 2.40. The normalized spacial score (nSPS) is 21.6. The minimum Gasteiger partial charge on any atom is -0.480 e. The molecule has 1 fully saturated rings. The summed E-state index contributed by atoms with van der Waals surface area (Å²) in [5.74, 6) is -3.09. The fourth-order valence-electron chi connectivity index (χ4n) is 2.37. The number of carbonyl (C=O) groups is 1. The van der Waals surface area contributed by atoms with Crippen molar-refractivity contribution in [3.63, 3.8) is 0 Å². The molecule has 1 aliphatic rings. The Bertz CT molecular complexity index is 483. The second-order valence-electron chi connectivity index (χ2n) is 5.04. The third kappa shape index (κ3) is 2.81. The maximum atomic E-state index is 13.8. The third-order valence-electron chi connectivity index (χ3n) is 3.60. The molecule has 20 heavy (non-hydrogen) atoms. The summed E-state index contributed by atoms with van der Waals surface area (Å²) in [5, 5.41) is 12.1. The van der Waals surface area contributed by atoms with E-state index in [-0.39, 0.29) is 12.6 Å². The summed E-state index contributed by atoms with van der Waals surface area (Å²) < 4.78 is 33.0. The lowest BCUT2D eigenvalue weighted by Crippen LogP contribution is -2.50. The summed E-state index contributed by atoms with van der Waals surface area (Å²) in [6.07, 6.45) is 1.59. The smallest absolute Gasteiger partial charge is 0.328 e. The predicted molar refractivity (Wildman–Crippen MR) is 68.3 cm³/mol. The number of ether oxygens (including phenoxy) is 1. The number of halogens is 2. The van der Waals surface area contributed by atoms with E-state index < -0.39 is 28.7 Å². The average molecular weight is 285 g/mol. The molecule has 0 radical (unpaired) electrons. The van der Waals surface area contributed by atoms with Crippen LogP contribution in [0, 0.1) is 11.6 Å². The van der Waals surface area contributed by atoms with Crippen LogP contribution in [0.3, 0.4) is 0 Å². The minimum atomic E-state index is -1.83. The molecule has 2 unspecified atom stereocenters. The van der Waals surface area contributed by atoms with E-state index in [0.717, 1.165) is 25.0 Å². The second kappa shape index (κ2) is 5.85. The highest BCUT2D eigenvalue weighted by Crippen LogP contribution is 2.27. The summed E-state index contributed by atoms with van der Waals surface area (Å²) in [5.41, 5.74) is -2.31. The average Bonchev–Trinajstić information content (AvgIpc) is 2.89. The molecule has 1 saturated heterocycles. The van der Waals surface area contributed by atoms with E-state index >= 15 is 0 Å². The molecular formula is C14H17F2NO3. The van der Waals surface area contributed by atoms with Gasteiger partial charge in [0.2, 0.25) is 0 Å². The summed E-state index contributed by atoms with van der Waals surface area (Å²) >= 11 is 0. The molecular weight excluding hydrogens is 268 g/mol. The molecule has 1 heterocycles. The third-order valence-corrected chi connectivity index (χ3v) is 3.60. The fourth-order valence-corrected chi connectivity index (χ4v) is 2.37. The lowest BCUT2D eigenvalue weighted by Gasteiger charge is -2.28. The lowest BCUT2D eigenvalue weighted by atomic mass is 9.90. The van der Waals surface area contributed by atoms with Crippen molar-refractivity contribution in [2.75, 3.05) is 13.2 Å². The molecule has 0 amide bonds. The number of benzene rings is 1. The topological polar surface area (TPSA) is 58.6 Å². The summed E-state index contributed by atoms with van der Waals surface area (Å²) in [6, 6.07) is 3.30. The first-order chi connectivity index (χ1) is 9.45. The number of hydrogen-bond acceptors (Lipinski definition) is 3. The standard InChI is InChI=1S/C14H17F2NO3/c1-14(13(18)19,17-8-9-4-3-7-20-9)12-10(15)5-2-6-11(12)16/h2,5-6,9,17H,3-4,7-8H2,1H3,(H,18,19). The van der Waals surface area contributed by atoms with E-state index in [9.17, 15) is 18.7 Å². The van der Waals surface area contributed by atoms with E-state index in [1.54, 1.807) is 0 Å². The molecule has 1 aromatic carbocycles. The molecule has 0 aromatic heterocycles. The van der Waals surface area contributed by atoms with Gasteiger partial charge in [0.1, 0.15) is 17.2 Å². The molecule has 0 bridgehead atoms. The Balaban J connectivity index is 2.26. The Kier molecular flexibility index (Phi) is 4.35. The van der Waals surface area contributed by atoms with Gasteiger partial charge in [-0.3, -0.25) is 5.32 Å². The van der Waals surface area contributed by atoms with Crippen molar-refractivity contribution >= 4 is 5.97 Å². The molecule has 110 valence electrons. The van der Waals surface area contributed by atoms with Crippen LogP contribution in [0.15, 0.2) is 18.2 Å². The second-order valence-corrected chi connectivity index (χ2v) is 5.04. The molecule has 4 nitrogen and oxygen atoms in total. The molecule has 2 rings (SSSR count). The number of aliphatic carboxylic acids is 1. The zero-order valence-electron chi connectivity index (χ0n) is 11.2. The maximum Gasteiger partial charge on any atom is 0.328 e. The van der Waals surface area contributed by atoms with Crippen molar-refractivity contribution < 1.29 is 23.4 Å². The van der Waals surface area contributed by atoms with E-state index in [2.05, 4.69) is 5.32 Å². The Morgan fingerprint density at radius 2 is 2.15 bits per heavy atom. The Morgan fingerprint density at radius 3 is 2.65 bits per heavy atom. The van der Waals surface area contributed by atoms with Gasteiger partial charge in [0.05, 0.1) is 11.7 Å². The van der Waals surface area contributed by atoms with Gasteiger partial charge in [-0.15, -0.1) is 0 Å². The first-order valence-electron chi connectivity index (χ1n) is 6.49. The van der Waals surface area contributed by atoms with Crippen LogP contribution in [-0.2, 0) is 15.1 Å². The van der Waals surface area contributed by atoms with Crippen LogP contribution in [0.4, 0.5) is 8.78 Å². The SMILES string of the molecule is CC(NCC1CCCO1)(C(=O)O)c1c(F)cccc1F. The molecule has 6 heteroatoms. The Hall–Kier alpha value is -1.53. The van der Waals surface area contributed by atoms with Crippen LogP contribution < -0.4 is 5.32 Å². The predicted octanol–water partition coefficient (Wildman–Crippen LogP) is 2.03. The van der Waals surface area contributed by atoms with Crippen LogP contribution in [0.5, 0.6) is 0 Å². The summed E-state index contributed by atoms with van der Waals surface area (Å²) in [4.78, 5) is 11.5. The minimum absolute atomic E-state index is 0.122. The van der Waals surface area contributed by atoms with E-state index in [1.165, 1.54) is 13.0 Å². The number of hydrogen-bond donors (Lipinski definition) is 2. The van der Waals surface area contributed by atoms with Gasteiger partial charge in [0.25, 0.3) is 0 Å². The molecule has 0 spiro atoms. The van der Waals surface area contributed by atoms with Crippen molar-refractivity contribution in [2.45, 2.75) is 31.4 Å². The van der Waals surface area contributed by atoms with Crippen molar-refractivity contribution in [1.82, 2.24) is 5.32 Å². The first kappa shape index (κ1) is 14.9. The largest absolute Gasteiger partial charge is 0.480 e. The highest BCUT2D eigenvalue weighted by molar-refractivity contribution is 5.80. The van der Waals surface area contributed by atoms with E-state index in [4.69, 9.17) is 4.74 Å². The number of carboxylic acid groups (broad SMARTS) is 1. The van der Waals surface area contributed by atoms with Crippen LogP contribution in [0.1, 0.15) is 25.3 Å². The van der Waals surface area contributed by atoms with Crippen LogP contribution in [-0.4, -0.2) is 30.3 Å². The molecule has 1 aromatic rings. The van der Waals surface area contributed by atoms with Gasteiger partial charge in [-0.2, -0.15) is 0 Å². The van der Waals surface area contributed by atoms with Gasteiger partial charge in [0, 0.05) is 13.2 Å². The van der Waals surface area contributed by atoms with E-state index in [1.807, 2.05) is 0 Å². The van der Waals surface area contributed by atoms with Gasteiger partial charge in [-0.1, -0.05) is 6.07 Å². The first-order valence-corrected chi connectivity index (χ1v) is 6.49. The number of carboxylic acids is 1. The van der Waals surface area contributed by atoms with Gasteiger partial charge in [-0.25, -0.2) is 13.6 Å². The number of rotatable bonds is 5. The van der Waals surface area contributed by atoms with Crippen molar-refractivity contribution in [2.24, 2.45) is 0 Å². The Morgan fingerprint density at radius 1 is 1.50 bits per heavy atom. The molecule has 2 atom stereocenters. The zero-order chi connectivity index (χ0) is 14.8. The maximum absolute atomic E-state index is 13.8. The zero-order valence-corrected chi connectivity index (χ0v) is 11.2. The van der Waals surface area contributed by atoms with Gasteiger partial charge in [-0.05, 0) is 31.9 Å². The molecule has 1 aliphatic heterocycles. The monoisotopic (exact) mass is 285 g/mol. The van der Waals surface area contributed by atoms with Gasteiger partial charge < -0.3 is 9.84 Å². The summed E-state index contributed by atoms with van der Waals surface area (Å²) in [7, 11) is 0. The number of nitrogens with one attached hydrogen (secondary N) is 1.